The first-order chi connectivity index (χ1) is 20.3. The number of aryl methyl sites for hydroxylation is 1. The van der Waals surface area contributed by atoms with Gasteiger partial charge in [-0.3, -0.25) is 0 Å². The summed E-state index contributed by atoms with van der Waals surface area (Å²) in [6.45, 7) is 7.80. The van der Waals surface area contributed by atoms with Crippen LogP contribution in [0.3, 0.4) is 0 Å². The number of aromatic nitrogens is 1. The van der Waals surface area contributed by atoms with Crippen LogP contribution in [0.4, 0.5) is 11.4 Å². The van der Waals surface area contributed by atoms with Crippen molar-refractivity contribution in [1.29, 1.82) is 0 Å². The Kier molecular flexibility index (Phi) is 8.85. The number of halogens is 1. The molecule has 0 spiro atoms. The highest BCUT2D eigenvalue weighted by Gasteiger charge is 2.26. The first-order valence-electron chi connectivity index (χ1n) is 14.1. The Morgan fingerprint density at radius 1 is 1.10 bits per heavy atom. The number of rotatable bonds is 10. The van der Waals surface area contributed by atoms with E-state index in [1.165, 1.54) is 0 Å². The minimum atomic E-state index is -0.896. The van der Waals surface area contributed by atoms with E-state index in [1.807, 2.05) is 54.6 Å². The molecule has 1 aliphatic heterocycles. The maximum Gasteiger partial charge on any atom is 0.374 e. The summed E-state index contributed by atoms with van der Waals surface area (Å²) in [4.78, 5) is 15.4. The fourth-order valence-corrected chi connectivity index (χ4v) is 5.79. The van der Waals surface area contributed by atoms with Gasteiger partial charge >= 0.3 is 11.9 Å². The number of anilines is 2. The van der Waals surface area contributed by atoms with Gasteiger partial charge in [-0.15, -0.1) is 0 Å². The fourth-order valence-electron chi connectivity index (χ4n) is 5.22. The van der Waals surface area contributed by atoms with Gasteiger partial charge in [0.2, 0.25) is 11.5 Å². The molecule has 1 N–H and O–H groups in total. The monoisotopic (exact) mass is 604 g/mol. The van der Waals surface area contributed by atoms with Crippen LogP contribution in [-0.2, 0) is 11.3 Å². The molecule has 5 rings (SSSR count). The second kappa shape index (κ2) is 12.5. The molecular formula is C33H35ClN3O4S+. The smallest absolute Gasteiger partial charge is 0.374 e. The minimum absolute atomic E-state index is 0.224. The quantitative estimate of drug-likeness (QED) is 0.145. The molecule has 3 aromatic carbocycles. The average Bonchev–Trinajstić information content (AvgIpc) is 3.52. The van der Waals surface area contributed by atoms with E-state index in [2.05, 4.69) is 61.1 Å². The Morgan fingerprint density at radius 3 is 2.48 bits per heavy atom. The van der Waals surface area contributed by atoms with Gasteiger partial charge in [0.25, 0.3) is 5.52 Å². The predicted octanol–water partition coefficient (Wildman–Crippen LogP) is 7.43. The van der Waals surface area contributed by atoms with Crippen molar-refractivity contribution in [2.24, 2.45) is 0 Å². The molecule has 0 amide bonds. The van der Waals surface area contributed by atoms with Crippen LogP contribution in [0.15, 0.2) is 82.6 Å². The molecule has 0 fully saturated rings. The zero-order valence-electron chi connectivity index (χ0n) is 24.2. The molecule has 0 saturated carbocycles. The Morgan fingerprint density at radius 2 is 1.83 bits per heavy atom. The van der Waals surface area contributed by atoms with Gasteiger partial charge in [0.1, 0.15) is 12.6 Å². The van der Waals surface area contributed by atoms with E-state index < -0.39 is 12.0 Å². The molecule has 2 heterocycles. The standard InChI is InChI=1S/C33H34ClN3O4S/c1-5-21(17-32-37(7-3)27-19-24(34)11-15-30(27)41-32)16-31-36(6-2)26-18-23(10-14-29(26)40-31)22-8-12-25(13-9-22)35(4)28(20-42)33(38)39/h8-19,28H,5-7,20H2,1-4H3,(H-,38,39,42)/p+1. The van der Waals surface area contributed by atoms with Crippen LogP contribution in [-0.4, -0.2) is 36.5 Å². The first-order valence-corrected chi connectivity index (χ1v) is 15.1. The zero-order chi connectivity index (χ0) is 30.0. The largest absolute Gasteiger partial charge is 0.480 e. The molecule has 1 unspecified atom stereocenters. The number of thiol groups is 1. The van der Waals surface area contributed by atoms with Crippen molar-refractivity contribution in [3.05, 3.63) is 89.1 Å². The molecule has 42 heavy (non-hydrogen) atoms. The lowest BCUT2D eigenvalue weighted by atomic mass is 10.0. The van der Waals surface area contributed by atoms with Crippen molar-refractivity contribution in [3.8, 4) is 16.9 Å². The molecule has 218 valence electrons. The number of carbonyl (C=O) groups is 1. The third-order valence-corrected chi connectivity index (χ3v) is 8.20. The lowest BCUT2D eigenvalue weighted by molar-refractivity contribution is -0.674. The zero-order valence-corrected chi connectivity index (χ0v) is 25.8. The molecular weight excluding hydrogens is 570 g/mol. The fraction of sp³-hybridized carbons (Fsp3) is 0.273. The number of aliphatic carboxylic acids is 1. The van der Waals surface area contributed by atoms with Gasteiger partial charge in [0.05, 0.1) is 11.8 Å². The molecule has 7 nitrogen and oxygen atoms in total. The lowest BCUT2D eigenvalue weighted by Gasteiger charge is -2.25. The molecule has 4 aromatic rings. The molecule has 0 saturated heterocycles. The summed E-state index contributed by atoms with van der Waals surface area (Å²) in [6.07, 6.45) is 4.94. The second-order valence-corrected chi connectivity index (χ2v) is 10.9. The van der Waals surface area contributed by atoms with Crippen LogP contribution in [0.5, 0.6) is 5.75 Å². The van der Waals surface area contributed by atoms with Crippen molar-refractivity contribution in [2.75, 3.05) is 29.1 Å². The van der Waals surface area contributed by atoms with Gasteiger partial charge in [-0.25, -0.2) is 4.79 Å². The van der Waals surface area contributed by atoms with Crippen LogP contribution in [0.2, 0.25) is 5.02 Å². The number of hydrogen-bond acceptors (Lipinski definition) is 6. The van der Waals surface area contributed by atoms with Gasteiger partial charge in [-0.05, 0) is 73.4 Å². The number of nitrogens with zero attached hydrogens (tertiary/aromatic N) is 3. The molecule has 0 bridgehead atoms. The maximum absolute atomic E-state index is 11.6. The number of fused-ring (bicyclic) bond motifs is 2. The normalized spacial score (nSPS) is 14.8. The number of hydrogen-bond donors (Lipinski definition) is 2. The van der Waals surface area contributed by atoms with Gasteiger partial charge < -0.3 is 24.1 Å². The Labute approximate surface area is 256 Å². The predicted molar refractivity (Wildman–Crippen MR) is 173 cm³/mol. The summed E-state index contributed by atoms with van der Waals surface area (Å²) >= 11 is 10.5. The van der Waals surface area contributed by atoms with Gasteiger partial charge in [-0.2, -0.15) is 17.2 Å². The van der Waals surface area contributed by atoms with Crippen LogP contribution in [0.1, 0.15) is 33.1 Å². The van der Waals surface area contributed by atoms with E-state index in [-0.39, 0.29) is 5.75 Å². The summed E-state index contributed by atoms with van der Waals surface area (Å²) in [6, 6.07) is 19.0. The van der Waals surface area contributed by atoms with Crippen molar-refractivity contribution in [1.82, 2.24) is 0 Å². The number of likely N-dealkylation sites (N-methyl/N-ethyl adjacent to an activating group) is 1. The van der Waals surface area contributed by atoms with Crippen molar-refractivity contribution >= 4 is 58.7 Å². The SMILES string of the molecule is CCC(=Cc1oc2ccc(-c3ccc(N(C)C(CS)C(=O)O)cc3)cc2[n+]1CC)C=C1Oc2ccc(Cl)cc2N1CC. The molecule has 1 aliphatic rings. The molecule has 0 radical (unpaired) electrons. The van der Waals surface area contributed by atoms with Gasteiger partial charge in [0.15, 0.2) is 5.75 Å². The molecule has 0 aliphatic carbocycles. The Hall–Kier alpha value is -3.88. The van der Waals surface area contributed by atoms with E-state index >= 15 is 0 Å². The number of carboxylic acid groups (broad SMARTS) is 1. The highest BCUT2D eigenvalue weighted by Crippen LogP contribution is 2.41. The van der Waals surface area contributed by atoms with Crippen molar-refractivity contribution in [3.63, 3.8) is 0 Å². The number of carboxylic acids is 1. The minimum Gasteiger partial charge on any atom is -0.480 e. The van der Waals surface area contributed by atoms with Crippen LogP contribution < -0.4 is 19.1 Å². The van der Waals surface area contributed by atoms with E-state index in [1.54, 1.807) is 11.9 Å². The van der Waals surface area contributed by atoms with Gasteiger partial charge in [0, 0.05) is 42.2 Å². The first kappa shape index (κ1) is 29.6. The van der Waals surface area contributed by atoms with E-state index in [0.29, 0.717) is 5.02 Å². The van der Waals surface area contributed by atoms with E-state index in [9.17, 15) is 9.90 Å². The molecule has 9 heteroatoms. The maximum atomic E-state index is 11.6. The van der Waals surface area contributed by atoms with Crippen molar-refractivity contribution in [2.45, 2.75) is 39.8 Å². The number of benzene rings is 3. The molecule has 1 aromatic heterocycles. The van der Waals surface area contributed by atoms with E-state index in [4.69, 9.17) is 20.8 Å². The Bertz CT molecular complexity index is 1680. The van der Waals surface area contributed by atoms with E-state index in [0.717, 1.165) is 76.2 Å². The summed E-state index contributed by atoms with van der Waals surface area (Å²) in [5, 5.41) is 10.2. The highest BCUT2D eigenvalue weighted by molar-refractivity contribution is 7.80. The van der Waals surface area contributed by atoms with Crippen LogP contribution >= 0.6 is 24.2 Å². The number of allylic oxidation sites excluding steroid dienone is 2. The van der Waals surface area contributed by atoms with Crippen molar-refractivity contribution < 1.29 is 23.6 Å². The lowest BCUT2D eigenvalue weighted by Crippen LogP contribution is -2.40. The van der Waals surface area contributed by atoms with Crippen LogP contribution in [0.25, 0.3) is 28.3 Å². The Balaban J connectivity index is 1.45. The average molecular weight is 605 g/mol. The number of ether oxygens (including phenoxy) is 1. The summed E-state index contributed by atoms with van der Waals surface area (Å²) in [5.74, 6) is 1.66. The molecule has 1 atom stereocenters. The topological polar surface area (TPSA) is 70.0 Å². The summed E-state index contributed by atoms with van der Waals surface area (Å²) in [5.41, 5.74) is 6.75. The van der Waals surface area contributed by atoms with Crippen LogP contribution in [0, 0.1) is 0 Å². The third-order valence-electron chi connectivity index (χ3n) is 7.61. The highest BCUT2D eigenvalue weighted by atomic mass is 35.5. The third kappa shape index (κ3) is 5.74. The summed E-state index contributed by atoms with van der Waals surface area (Å²) in [7, 11) is 1.77. The van der Waals surface area contributed by atoms with Gasteiger partial charge in [-0.1, -0.05) is 36.7 Å². The number of oxazole rings is 1. The second-order valence-electron chi connectivity index (χ2n) is 10.1. The summed E-state index contributed by atoms with van der Waals surface area (Å²) < 4.78 is 14.7.